The Morgan fingerprint density at radius 2 is 2.31 bits per heavy atom. The molecule has 0 saturated carbocycles. The van der Waals surface area contributed by atoms with E-state index in [1.807, 2.05) is 6.07 Å². The predicted molar refractivity (Wildman–Crippen MR) is 60.5 cm³/mol. The van der Waals surface area contributed by atoms with Crippen molar-refractivity contribution in [3.63, 3.8) is 0 Å². The van der Waals surface area contributed by atoms with E-state index in [4.69, 9.17) is 10.4 Å². The number of carbonyl (C=O) groups excluding carboxylic acids is 1. The molecule has 5 heteroatoms. The Morgan fingerprint density at radius 3 is 2.81 bits per heavy atom. The van der Waals surface area contributed by atoms with Crippen LogP contribution >= 0.6 is 15.9 Å². The van der Waals surface area contributed by atoms with Crippen LogP contribution in [0.2, 0.25) is 0 Å². The molecule has 0 radical (unpaired) electrons. The van der Waals surface area contributed by atoms with Gasteiger partial charge in [-0.05, 0) is 33.1 Å². The van der Waals surface area contributed by atoms with Crippen molar-refractivity contribution in [3.8, 4) is 6.07 Å². The molecule has 0 aliphatic heterocycles. The normalized spacial score (nSPS) is 9.62. The van der Waals surface area contributed by atoms with E-state index in [0.29, 0.717) is 21.2 Å². The fourth-order valence-corrected chi connectivity index (χ4v) is 1.95. The van der Waals surface area contributed by atoms with Gasteiger partial charge in [0, 0.05) is 4.47 Å². The second kappa shape index (κ2) is 5.64. The first-order valence-electron chi connectivity index (χ1n) is 4.51. The van der Waals surface area contributed by atoms with E-state index >= 15 is 0 Å². The van der Waals surface area contributed by atoms with Gasteiger partial charge in [-0.15, -0.1) is 0 Å². The second-order valence-electron chi connectivity index (χ2n) is 3.13. The number of aliphatic hydroxyl groups is 1. The molecule has 0 atom stereocenters. The zero-order valence-electron chi connectivity index (χ0n) is 8.66. The van der Waals surface area contributed by atoms with Crippen LogP contribution in [0, 0.1) is 11.3 Å². The van der Waals surface area contributed by atoms with Crippen molar-refractivity contribution in [2.24, 2.45) is 0 Å². The number of nitriles is 1. The van der Waals surface area contributed by atoms with Crippen molar-refractivity contribution in [3.05, 3.63) is 33.3 Å². The Labute approximate surface area is 102 Å². The number of benzene rings is 1. The minimum Gasteiger partial charge on any atom is -0.469 e. The summed E-state index contributed by atoms with van der Waals surface area (Å²) in [4.78, 5) is 11.2. The van der Waals surface area contributed by atoms with Crippen LogP contribution in [0.25, 0.3) is 0 Å². The Balaban J connectivity index is 3.19. The van der Waals surface area contributed by atoms with Crippen molar-refractivity contribution in [1.82, 2.24) is 0 Å². The molecular weight excluding hydrogens is 274 g/mol. The highest BCUT2D eigenvalue weighted by molar-refractivity contribution is 9.10. The fraction of sp³-hybridized carbons (Fsp3) is 0.273. The monoisotopic (exact) mass is 283 g/mol. The van der Waals surface area contributed by atoms with Crippen molar-refractivity contribution in [2.45, 2.75) is 13.0 Å². The smallest absolute Gasteiger partial charge is 0.310 e. The van der Waals surface area contributed by atoms with Gasteiger partial charge in [0.05, 0.1) is 25.7 Å². The highest BCUT2D eigenvalue weighted by Crippen LogP contribution is 2.23. The number of methoxy groups -OCH3 is 1. The Hall–Kier alpha value is -1.38. The number of aliphatic hydroxyl groups excluding tert-OH is 1. The summed E-state index contributed by atoms with van der Waals surface area (Å²) in [6.07, 6.45) is 0.0197. The zero-order chi connectivity index (χ0) is 12.1. The molecule has 0 unspecified atom stereocenters. The lowest BCUT2D eigenvalue weighted by Crippen LogP contribution is -2.07. The third kappa shape index (κ3) is 2.81. The molecule has 0 bridgehead atoms. The Kier molecular flexibility index (Phi) is 4.47. The van der Waals surface area contributed by atoms with Gasteiger partial charge in [0.25, 0.3) is 0 Å². The number of rotatable bonds is 3. The molecule has 0 spiro atoms. The van der Waals surface area contributed by atoms with Crippen LogP contribution in [0.15, 0.2) is 16.6 Å². The van der Waals surface area contributed by atoms with Gasteiger partial charge < -0.3 is 9.84 Å². The van der Waals surface area contributed by atoms with E-state index in [1.54, 1.807) is 12.1 Å². The van der Waals surface area contributed by atoms with Gasteiger partial charge in [-0.3, -0.25) is 4.79 Å². The van der Waals surface area contributed by atoms with Gasteiger partial charge in [-0.2, -0.15) is 5.26 Å². The fourth-order valence-electron chi connectivity index (χ4n) is 1.31. The summed E-state index contributed by atoms with van der Waals surface area (Å²) in [6.45, 7) is -0.140. The lowest BCUT2D eigenvalue weighted by molar-refractivity contribution is -0.139. The Bertz CT molecular complexity index is 451. The molecule has 0 saturated heterocycles. The van der Waals surface area contributed by atoms with Crippen molar-refractivity contribution in [1.29, 1.82) is 5.26 Å². The average molecular weight is 284 g/mol. The van der Waals surface area contributed by atoms with Crippen LogP contribution in [-0.4, -0.2) is 18.2 Å². The summed E-state index contributed by atoms with van der Waals surface area (Å²) < 4.78 is 5.11. The molecule has 1 aromatic rings. The van der Waals surface area contributed by atoms with Gasteiger partial charge >= 0.3 is 5.97 Å². The molecule has 4 nitrogen and oxygen atoms in total. The summed E-state index contributed by atoms with van der Waals surface area (Å²) in [6, 6.07) is 5.29. The quantitative estimate of drug-likeness (QED) is 0.854. The number of ether oxygens (including phenoxy) is 1. The number of hydrogen-bond acceptors (Lipinski definition) is 4. The first-order chi connectivity index (χ1) is 7.62. The van der Waals surface area contributed by atoms with Crippen LogP contribution in [-0.2, 0) is 22.6 Å². The lowest BCUT2D eigenvalue weighted by atomic mass is 10.0. The standard InChI is InChI=1S/C11H10BrNO3/c1-16-11(15)4-8-2-7(6-14)3-10(12)9(8)5-13/h2-3,14H,4,6H2,1H3. The molecule has 0 heterocycles. The van der Waals surface area contributed by atoms with Gasteiger partial charge in [-0.25, -0.2) is 0 Å². The highest BCUT2D eigenvalue weighted by atomic mass is 79.9. The molecule has 0 aliphatic carbocycles. The van der Waals surface area contributed by atoms with Gasteiger partial charge in [-0.1, -0.05) is 6.07 Å². The largest absolute Gasteiger partial charge is 0.469 e. The number of hydrogen-bond donors (Lipinski definition) is 1. The zero-order valence-corrected chi connectivity index (χ0v) is 10.2. The van der Waals surface area contributed by atoms with Crippen molar-refractivity contribution < 1.29 is 14.6 Å². The molecule has 0 aliphatic rings. The summed E-state index contributed by atoms with van der Waals surface area (Å²) >= 11 is 3.23. The molecule has 1 N–H and O–H groups in total. The summed E-state index contributed by atoms with van der Waals surface area (Å²) in [7, 11) is 1.29. The third-order valence-electron chi connectivity index (χ3n) is 2.09. The average Bonchev–Trinajstić information content (AvgIpc) is 2.28. The van der Waals surface area contributed by atoms with Crippen LogP contribution in [0.1, 0.15) is 16.7 Å². The van der Waals surface area contributed by atoms with Crippen LogP contribution in [0.4, 0.5) is 0 Å². The number of carbonyl (C=O) groups is 1. The molecule has 16 heavy (non-hydrogen) atoms. The Morgan fingerprint density at radius 1 is 1.62 bits per heavy atom. The maximum Gasteiger partial charge on any atom is 0.310 e. The number of esters is 1. The maximum atomic E-state index is 11.2. The van der Waals surface area contributed by atoms with E-state index in [9.17, 15) is 4.79 Å². The molecule has 84 valence electrons. The molecule has 1 aromatic carbocycles. The first kappa shape index (κ1) is 12.7. The molecule has 0 aromatic heterocycles. The van der Waals surface area contributed by atoms with Gasteiger partial charge in [0.2, 0.25) is 0 Å². The summed E-state index contributed by atoms with van der Waals surface area (Å²) in [5, 5.41) is 18.0. The first-order valence-corrected chi connectivity index (χ1v) is 5.30. The SMILES string of the molecule is COC(=O)Cc1cc(CO)cc(Br)c1C#N. The van der Waals surface area contributed by atoms with E-state index in [0.717, 1.165) is 0 Å². The third-order valence-corrected chi connectivity index (χ3v) is 2.71. The maximum absolute atomic E-state index is 11.2. The topological polar surface area (TPSA) is 70.3 Å². The number of nitrogens with zero attached hydrogens (tertiary/aromatic N) is 1. The van der Waals surface area contributed by atoms with Crippen LogP contribution in [0.5, 0.6) is 0 Å². The predicted octanol–water partition coefficient (Wildman–Crippen LogP) is 1.53. The van der Waals surface area contributed by atoms with Crippen molar-refractivity contribution in [2.75, 3.05) is 7.11 Å². The molecule has 0 amide bonds. The van der Waals surface area contributed by atoms with Gasteiger partial charge in [0.1, 0.15) is 6.07 Å². The molecular formula is C11H10BrNO3. The van der Waals surface area contributed by atoms with Crippen LogP contribution in [0.3, 0.4) is 0 Å². The molecule has 1 rings (SSSR count). The number of halogens is 1. The molecule has 0 fully saturated rings. The van der Waals surface area contributed by atoms with Gasteiger partial charge in [0.15, 0.2) is 0 Å². The minimum absolute atomic E-state index is 0.0197. The van der Waals surface area contributed by atoms with Crippen molar-refractivity contribution >= 4 is 21.9 Å². The van der Waals surface area contributed by atoms with E-state index in [2.05, 4.69) is 20.7 Å². The van der Waals surface area contributed by atoms with E-state index in [-0.39, 0.29) is 13.0 Å². The van der Waals surface area contributed by atoms with E-state index in [1.165, 1.54) is 7.11 Å². The van der Waals surface area contributed by atoms with E-state index < -0.39 is 5.97 Å². The highest BCUT2D eigenvalue weighted by Gasteiger charge is 2.12. The van der Waals surface area contributed by atoms with Crippen LogP contribution < -0.4 is 0 Å². The minimum atomic E-state index is -0.418. The second-order valence-corrected chi connectivity index (χ2v) is 3.99. The summed E-state index contributed by atoms with van der Waals surface area (Å²) in [5.74, 6) is -0.418. The lowest BCUT2D eigenvalue weighted by Gasteiger charge is -2.07. The summed E-state index contributed by atoms with van der Waals surface area (Å²) in [5.41, 5.74) is 1.58.